The Morgan fingerprint density at radius 3 is 2.68 bits per heavy atom. The van der Waals surface area contributed by atoms with Gasteiger partial charge in [0.1, 0.15) is 24.2 Å². The number of carbonyl (C=O) groups excluding carboxylic acids is 1. The molecule has 1 aromatic heterocycles. The van der Waals surface area contributed by atoms with Crippen molar-refractivity contribution in [3.8, 4) is 5.75 Å². The Bertz CT molecular complexity index is 732. The third kappa shape index (κ3) is 3.09. The summed E-state index contributed by atoms with van der Waals surface area (Å²) in [5.41, 5.74) is 2.25. The summed E-state index contributed by atoms with van der Waals surface area (Å²) >= 11 is 0. The molecular formula is C17H16N2O3. The van der Waals surface area contributed by atoms with Crippen molar-refractivity contribution in [2.24, 2.45) is 0 Å². The van der Waals surface area contributed by atoms with Gasteiger partial charge in [-0.05, 0) is 36.4 Å². The van der Waals surface area contributed by atoms with Gasteiger partial charge >= 0.3 is 0 Å². The number of hydrogen-bond acceptors (Lipinski definition) is 5. The molecule has 0 aliphatic rings. The van der Waals surface area contributed by atoms with Crippen LogP contribution < -0.4 is 9.64 Å². The summed E-state index contributed by atoms with van der Waals surface area (Å²) in [5, 5.41) is 0. The summed E-state index contributed by atoms with van der Waals surface area (Å²) in [6, 6.07) is 15.3. The van der Waals surface area contributed by atoms with E-state index in [4.69, 9.17) is 9.15 Å². The van der Waals surface area contributed by atoms with E-state index in [0.717, 1.165) is 23.1 Å². The van der Waals surface area contributed by atoms with Crippen molar-refractivity contribution in [1.29, 1.82) is 0 Å². The molecule has 0 spiro atoms. The third-order valence-electron chi connectivity index (χ3n) is 3.32. The number of benzene rings is 2. The van der Waals surface area contributed by atoms with Crippen molar-refractivity contribution in [1.82, 2.24) is 4.98 Å². The fourth-order valence-electron chi connectivity index (χ4n) is 2.06. The zero-order chi connectivity index (χ0) is 15.4. The highest BCUT2D eigenvalue weighted by Crippen LogP contribution is 2.20. The highest BCUT2D eigenvalue weighted by Gasteiger charge is 2.09. The Hall–Kier alpha value is -2.82. The van der Waals surface area contributed by atoms with Crippen LogP contribution >= 0.6 is 0 Å². The van der Waals surface area contributed by atoms with Gasteiger partial charge < -0.3 is 14.1 Å². The van der Waals surface area contributed by atoms with E-state index in [1.165, 1.54) is 0 Å². The number of hydrogen-bond donors (Lipinski definition) is 0. The number of fused-ring (bicyclic) bond motifs is 1. The zero-order valence-corrected chi connectivity index (χ0v) is 12.2. The third-order valence-corrected chi connectivity index (χ3v) is 3.32. The van der Waals surface area contributed by atoms with E-state index < -0.39 is 0 Å². The topological polar surface area (TPSA) is 55.6 Å². The molecule has 0 aliphatic carbocycles. The van der Waals surface area contributed by atoms with Crippen LogP contribution in [0.5, 0.6) is 5.75 Å². The van der Waals surface area contributed by atoms with Crippen LogP contribution in [0, 0.1) is 0 Å². The standard InChI is InChI=1S/C17H16N2O3/c1-19(17-18-15-4-2-3-5-16(15)22-17)10-11-21-14-8-6-13(12-20)7-9-14/h2-9,12H,10-11H2,1H3. The molecule has 3 aromatic rings. The highest BCUT2D eigenvalue weighted by molar-refractivity contribution is 5.75. The molecule has 0 fully saturated rings. The Balaban J connectivity index is 1.57. The fraction of sp³-hybridized carbons (Fsp3) is 0.176. The summed E-state index contributed by atoms with van der Waals surface area (Å²) in [7, 11) is 1.91. The second-order valence-electron chi connectivity index (χ2n) is 4.92. The predicted octanol–water partition coefficient (Wildman–Crippen LogP) is 3.16. The van der Waals surface area contributed by atoms with E-state index in [-0.39, 0.29) is 0 Å². The summed E-state index contributed by atoms with van der Waals surface area (Å²) in [4.78, 5) is 16.9. The fourth-order valence-corrected chi connectivity index (χ4v) is 2.06. The van der Waals surface area contributed by atoms with Gasteiger partial charge in [-0.25, -0.2) is 0 Å². The second kappa shape index (κ2) is 6.30. The zero-order valence-electron chi connectivity index (χ0n) is 12.2. The maximum absolute atomic E-state index is 10.6. The minimum atomic E-state index is 0.496. The number of oxazole rings is 1. The lowest BCUT2D eigenvalue weighted by Crippen LogP contribution is -2.23. The summed E-state index contributed by atoms with van der Waals surface area (Å²) in [6.45, 7) is 1.14. The first kappa shape index (κ1) is 14.1. The Morgan fingerprint density at radius 1 is 1.18 bits per heavy atom. The average Bonchev–Trinajstić information content (AvgIpc) is 2.99. The van der Waals surface area contributed by atoms with Gasteiger partial charge in [0.2, 0.25) is 0 Å². The largest absolute Gasteiger partial charge is 0.492 e. The molecule has 0 saturated carbocycles. The first-order valence-electron chi connectivity index (χ1n) is 7.01. The Kier molecular flexibility index (Phi) is 4.05. The SMILES string of the molecule is CN(CCOc1ccc(C=O)cc1)c1nc2ccccc2o1. The van der Waals surface area contributed by atoms with Gasteiger partial charge in [0.15, 0.2) is 5.58 Å². The summed E-state index contributed by atoms with van der Waals surface area (Å²) < 4.78 is 11.3. The first-order valence-corrected chi connectivity index (χ1v) is 7.01. The van der Waals surface area contributed by atoms with Crippen LogP contribution in [0.1, 0.15) is 10.4 Å². The van der Waals surface area contributed by atoms with Crippen LogP contribution in [0.3, 0.4) is 0 Å². The van der Waals surface area contributed by atoms with Crippen LogP contribution in [0.15, 0.2) is 52.9 Å². The number of rotatable bonds is 6. The number of aromatic nitrogens is 1. The van der Waals surface area contributed by atoms with Gasteiger partial charge in [0.05, 0.1) is 6.54 Å². The van der Waals surface area contributed by atoms with E-state index in [1.807, 2.05) is 36.2 Å². The van der Waals surface area contributed by atoms with Crippen LogP contribution in [0.2, 0.25) is 0 Å². The second-order valence-corrected chi connectivity index (χ2v) is 4.92. The number of anilines is 1. The van der Waals surface area contributed by atoms with E-state index in [2.05, 4.69) is 4.98 Å². The maximum atomic E-state index is 10.6. The van der Waals surface area contributed by atoms with Crippen LogP contribution in [-0.4, -0.2) is 31.5 Å². The summed E-state index contributed by atoms with van der Waals surface area (Å²) in [6.07, 6.45) is 0.810. The Labute approximate surface area is 128 Å². The van der Waals surface area contributed by atoms with Gasteiger partial charge in [-0.15, -0.1) is 0 Å². The molecule has 1 heterocycles. The molecule has 0 unspecified atom stereocenters. The van der Waals surface area contributed by atoms with E-state index in [1.54, 1.807) is 24.3 Å². The van der Waals surface area contributed by atoms with Crippen molar-refractivity contribution in [2.75, 3.05) is 25.1 Å². The van der Waals surface area contributed by atoms with Crippen molar-refractivity contribution in [2.45, 2.75) is 0 Å². The minimum absolute atomic E-state index is 0.496. The van der Waals surface area contributed by atoms with Crippen molar-refractivity contribution in [3.05, 3.63) is 54.1 Å². The van der Waals surface area contributed by atoms with Crippen molar-refractivity contribution >= 4 is 23.4 Å². The van der Waals surface area contributed by atoms with Gasteiger partial charge in [0.25, 0.3) is 6.01 Å². The number of aldehydes is 1. The lowest BCUT2D eigenvalue weighted by molar-refractivity contribution is 0.112. The molecule has 0 amide bonds. The number of para-hydroxylation sites is 2. The molecule has 3 rings (SSSR count). The van der Waals surface area contributed by atoms with Gasteiger partial charge in [-0.2, -0.15) is 4.98 Å². The van der Waals surface area contributed by atoms with E-state index in [0.29, 0.717) is 24.7 Å². The lowest BCUT2D eigenvalue weighted by Gasteiger charge is -2.14. The monoisotopic (exact) mass is 296 g/mol. The molecule has 0 radical (unpaired) electrons. The quantitative estimate of drug-likeness (QED) is 0.654. The smallest absolute Gasteiger partial charge is 0.298 e. The van der Waals surface area contributed by atoms with Crippen LogP contribution in [-0.2, 0) is 0 Å². The minimum Gasteiger partial charge on any atom is -0.492 e. The van der Waals surface area contributed by atoms with Gasteiger partial charge in [-0.3, -0.25) is 4.79 Å². The van der Waals surface area contributed by atoms with E-state index >= 15 is 0 Å². The maximum Gasteiger partial charge on any atom is 0.298 e. The van der Waals surface area contributed by atoms with Crippen LogP contribution in [0.4, 0.5) is 6.01 Å². The molecule has 2 aromatic carbocycles. The molecule has 0 saturated heterocycles. The molecule has 5 nitrogen and oxygen atoms in total. The first-order chi connectivity index (χ1) is 10.8. The highest BCUT2D eigenvalue weighted by atomic mass is 16.5. The number of nitrogens with zero attached hydrogens (tertiary/aromatic N) is 2. The number of carbonyl (C=O) groups is 1. The molecule has 0 N–H and O–H groups in total. The van der Waals surface area contributed by atoms with Gasteiger partial charge in [-0.1, -0.05) is 12.1 Å². The summed E-state index contributed by atoms with van der Waals surface area (Å²) in [5.74, 6) is 0.733. The molecule has 112 valence electrons. The van der Waals surface area contributed by atoms with Gasteiger partial charge in [0, 0.05) is 12.6 Å². The molecule has 0 atom stereocenters. The number of ether oxygens (including phenoxy) is 1. The predicted molar refractivity (Wildman–Crippen MR) is 84.6 cm³/mol. The molecule has 0 bridgehead atoms. The lowest BCUT2D eigenvalue weighted by atomic mass is 10.2. The molecular weight excluding hydrogens is 280 g/mol. The Morgan fingerprint density at radius 2 is 1.95 bits per heavy atom. The normalized spacial score (nSPS) is 10.6. The van der Waals surface area contributed by atoms with Crippen molar-refractivity contribution < 1.29 is 13.9 Å². The number of likely N-dealkylation sites (N-methyl/N-ethyl adjacent to an activating group) is 1. The molecule has 22 heavy (non-hydrogen) atoms. The van der Waals surface area contributed by atoms with Crippen molar-refractivity contribution in [3.63, 3.8) is 0 Å². The molecule has 5 heteroatoms. The van der Waals surface area contributed by atoms with Crippen LogP contribution in [0.25, 0.3) is 11.1 Å². The average molecular weight is 296 g/mol. The molecule has 0 aliphatic heterocycles. The van der Waals surface area contributed by atoms with E-state index in [9.17, 15) is 4.79 Å².